The fraction of sp³-hybridized carbons (Fsp3) is 0.471. The number of hydrogen-bond donors (Lipinski definition) is 2. The molecular weight excluding hydrogens is 390 g/mol. The number of halogens is 1. The molecule has 8 heteroatoms. The number of benzene rings is 1. The van der Waals surface area contributed by atoms with E-state index >= 15 is 0 Å². The van der Waals surface area contributed by atoms with Crippen LogP contribution in [-0.4, -0.2) is 41.0 Å². The van der Waals surface area contributed by atoms with E-state index < -0.39 is 29.1 Å². The van der Waals surface area contributed by atoms with Gasteiger partial charge in [-0.25, -0.2) is 4.79 Å². The molecule has 2 aliphatic rings. The van der Waals surface area contributed by atoms with Gasteiger partial charge in [0.25, 0.3) is 0 Å². The van der Waals surface area contributed by atoms with Gasteiger partial charge >= 0.3 is 6.09 Å². The highest BCUT2D eigenvalue weighted by Crippen LogP contribution is 2.48. The molecule has 2 aliphatic heterocycles. The van der Waals surface area contributed by atoms with Gasteiger partial charge in [0.1, 0.15) is 11.6 Å². The normalized spacial score (nSPS) is 25.0. The summed E-state index contributed by atoms with van der Waals surface area (Å²) in [5.74, 6) is -0.898. The Morgan fingerprint density at radius 3 is 2.68 bits per heavy atom. The maximum Gasteiger partial charge on any atom is 0.411 e. The molecule has 0 aromatic heterocycles. The number of ether oxygens (including phenoxy) is 1. The van der Waals surface area contributed by atoms with Crippen molar-refractivity contribution in [1.82, 2.24) is 4.90 Å². The van der Waals surface area contributed by atoms with Gasteiger partial charge in [-0.15, -0.1) is 0 Å². The first kappa shape index (κ1) is 17.7. The molecule has 7 nitrogen and oxygen atoms in total. The lowest BCUT2D eigenvalue weighted by Crippen LogP contribution is -2.46. The van der Waals surface area contributed by atoms with Crippen LogP contribution < -0.4 is 11.1 Å². The average Bonchev–Trinajstić information content (AvgIpc) is 3.01. The number of nitrogens with zero attached hydrogens (tertiary/aromatic N) is 1. The second kappa shape index (κ2) is 5.72. The summed E-state index contributed by atoms with van der Waals surface area (Å²) < 4.78 is 6.14. The molecule has 1 fully saturated rings. The van der Waals surface area contributed by atoms with Gasteiger partial charge in [0.05, 0.1) is 11.1 Å². The zero-order valence-electron chi connectivity index (χ0n) is 14.3. The molecule has 1 aromatic carbocycles. The van der Waals surface area contributed by atoms with E-state index in [4.69, 9.17) is 10.5 Å². The average molecular weight is 410 g/mol. The van der Waals surface area contributed by atoms with Crippen LogP contribution in [0.1, 0.15) is 32.8 Å². The van der Waals surface area contributed by atoms with E-state index in [9.17, 15) is 14.4 Å². The molecule has 3 amide bonds. The third-order valence-electron chi connectivity index (χ3n) is 4.52. The molecule has 3 rings (SSSR count). The molecule has 0 bridgehead atoms. The van der Waals surface area contributed by atoms with Crippen molar-refractivity contribution in [2.45, 2.75) is 44.2 Å². The summed E-state index contributed by atoms with van der Waals surface area (Å²) in [5, 5.41) is 2.85. The van der Waals surface area contributed by atoms with Crippen LogP contribution in [0.15, 0.2) is 22.7 Å². The largest absolute Gasteiger partial charge is 0.444 e. The van der Waals surface area contributed by atoms with Gasteiger partial charge in [0.15, 0.2) is 0 Å². The highest BCUT2D eigenvalue weighted by Gasteiger charge is 2.58. The summed E-state index contributed by atoms with van der Waals surface area (Å²) in [6, 6.07) is 4.57. The minimum atomic E-state index is -1.00. The first-order chi connectivity index (χ1) is 11.5. The van der Waals surface area contributed by atoms with E-state index in [1.54, 1.807) is 20.8 Å². The number of carbonyl (C=O) groups excluding carboxylic acids is 3. The van der Waals surface area contributed by atoms with Gasteiger partial charge in [-0.3, -0.25) is 14.5 Å². The predicted molar refractivity (Wildman–Crippen MR) is 95.0 cm³/mol. The number of anilines is 1. The number of rotatable bonds is 1. The van der Waals surface area contributed by atoms with Gasteiger partial charge in [-0.1, -0.05) is 12.1 Å². The Morgan fingerprint density at radius 2 is 2.08 bits per heavy atom. The highest BCUT2D eigenvalue weighted by molar-refractivity contribution is 9.10. The number of para-hydroxylation sites is 1. The van der Waals surface area contributed by atoms with Gasteiger partial charge in [-0.05, 0) is 54.8 Å². The van der Waals surface area contributed by atoms with E-state index in [0.717, 1.165) is 10.0 Å². The molecule has 3 N–H and O–H groups in total. The summed E-state index contributed by atoms with van der Waals surface area (Å²) in [4.78, 5) is 38.5. The zero-order valence-corrected chi connectivity index (χ0v) is 15.8. The molecule has 134 valence electrons. The molecule has 1 aromatic rings. The SMILES string of the molecule is CC(C)(C)OC(=O)N1C[C@]2(C[C@H]1C(N)=O)C(=O)Nc1c(Br)cccc12. The van der Waals surface area contributed by atoms with E-state index in [-0.39, 0.29) is 18.9 Å². The van der Waals surface area contributed by atoms with E-state index in [0.29, 0.717) is 5.69 Å². The molecular formula is C17H20BrN3O4. The molecule has 0 aliphatic carbocycles. The summed E-state index contributed by atoms with van der Waals surface area (Å²) in [7, 11) is 0. The van der Waals surface area contributed by atoms with E-state index in [1.807, 2.05) is 18.2 Å². The maximum absolute atomic E-state index is 12.8. The minimum absolute atomic E-state index is 0.0464. The Kier molecular flexibility index (Phi) is 4.06. The number of amides is 3. The van der Waals surface area contributed by atoms with Gasteiger partial charge in [0, 0.05) is 11.0 Å². The number of nitrogens with one attached hydrogen (secondary N) is 1. The monoisotopic (exact) mass is 409 g/mol. The molecule has 0 unspecified atom stereocenters. The third kappa shape index (κ3) is 2.88. The number of hydrogen-bond acceptors (Lipinski definition) is 4. The summed E-state index contributed by atoms with van der Waals surface area (Å²) in [6.45, 7) is 5.27. The lowest BCUT2D eigenvalue weighted by atomic mass is 9.79. The second-order valence-electron chi connectivity index (χ2n) is 7.43. The Hall–Kier alpha value is -2.09. The van der Waals surface area contributed by atoms with Crippen molar-refractivity contribution in [2.75, 3.05) is 11.9 Å². The van der Waals surface area contributed by atoms with Crippen molar-refractivity contribution in [3.8, 4) is 0 Å². The molecule has 0 radical (unpaired) electrons. The Morgan fingerprint density at radius 1 is 1.40 bits per heavy atom. The second-order valence-corrected chi connectivity index (χ2v) is 8.28. The molecule has 1 spiro atoms. The lowest BCUT2D eigenvalue weighted by molar-refractivity contribution is -0.122. The number of primary amides is 1. The quantitative estimate of drug-likeness (QED) is 0.741. The first-order valence-electron chi connectivity index (χ1n) is 7.94. The highest BCUT2D eigenvalue weighted by atomic mass is 79.9. The van der Waals surface area contributed by atoms with E-state index in [2.05, 4.69) is 21.2 Å². The van der Waals surface area contributed by atoms with E-state index in [1.165, 1.54) is 4.90 Å². The van der Waals surface area contributed by atoms with Crippen molar-refractivity contribution in [1.29, 1.82) is 0 Å². The lowest BCUT2D eigenvalue weighted by Gasteiger charge is -2.27. The summed E-state index contributed by atoms with van der Waals surface area (Å²) in [6.07, 6.45) is -0.513. The molecule has 25 heavy (non-hydrogen) atoms. The van der Waals surface area contributed by atoms with Crippen LogP contribution in [0.4, 0.5) is 10.5 Å². The topological polar surface area (TPSA) is 102 Å². The number of carbonyl (C=O) groups is 3. The predicted octanol–water partition coefficient (Wildman–Crippen LogP) is 2.13. The minimum Gasteiger partial charge on any atom is -0.444 e. The van der Waals surface area contributed by atoms with Crippen molar-refractivity contribution < 1.29 is 19.1 Å². The number of likely N-dealkylation sites (tertiary alicyclic amines) is 1. The Labute approximate surface area is 154 Å². The molecule has 2 atom stereocenters. The van der Waals surface area contributed by atoms with Crippen LogP contribution in [0.2, 0.25) is 0 Å². The van der Waals surface area contributed by atoms with Crippen molar-refractivity contribution in [3.05, 3.63) is 28.2 Å². The maximum atomic E-state index is 12.8. The smallest absolute Gasteiger partial charge is 0.411 e. The van der Waals surface area contributed by atoms with Gasteiger partial charge < -0.3 is 15.8 Å². The van der Waals surface area contributed by atoms with Crippen LogP contribution in [-0.2, 0) is 19.7 Å². The van der Waals surface area contributed by atoms with Gasteiger partial charge in [0.2, 0.25) is 11.8 Å². The Balaban J connectivity index is 2.01. The molecule has 1 saturated heterocycles. The fourth-order valence-electron chi connectivity index (χ4n) is 3.44. The Bertz CT molecular complexity index is 774. The van der Waals surface area contributed by atoms with Crippen molar-refractivity contribution in [2.24, 2.45) is 5.73 Å². The standard InChI is InChI=1S/C17H20BrN3O4/c1-16(2,3)25-15(24)21-8-17(7-11(21)13(19)22)9-5-4-6-10(18)12(9)20-14(17)23/h4-6,11H,7-8H2,1-3H3,(H2,19,22)(H,20,23)/t11-,17-/m0/s1. The summed E-state index contributed by atoms with van der Waals surface area (Å²) in [5.41, 5.74) is 5.21. The fourth-order valence-corrected chi connectivity index (χ4v) is 3.90. The third-order valence-corrected chi connectivity index (χ3v) is 5.18. The van der Waals surface area contributed by atoms with Crippen LogP contribution in [0.5, 0.6) is 0 Å². The first-order valence-corrected chi connectivity index (χ1v) is 8.74. The number of nitrogens with two attached hydrogens (primary N) is 1. The van der Waals surface area contributed by atoms with Crippen LogP contribution in [0.25, 0.3) is 0 Å². The van der Waals surface area contributed by atoms with Crippen LogP contribution in [0.3, 0.4) is 0 Å². The molecule has 0 saturated carbocycles. The van der Waals surface area contributed by atoms with Crippen molar-refractivity contribution >= 4 is 39.5 Å². The van der Waals surface area contributed by atoms with Crippen LogP contribution >= 0.6 is 15.9 Å². The zero-order chi connectivity index (χ0) is 18.6. The van der Waals surface area contributed by atoms with Crippen molar-refractivity contribution in [3.63, 3.8) is 0 Å². The summed E-state index contributed by atoms with van der Waals surface area (Å²) >= 11 is 3.42. The molecule has 2 heterocycles. The van der Waals surface area contributed by atoms with Crippen LogP contribution in [0, 0.1) is 0 Å². The number of fused-ring (bicyclic) bond motifs is 2. The van der Waals surface area contributed by atoms with Gasteiger partial charge in [-0.2, -0.15) is 0 Å².